The van der Waals surface area contributed by atoms with Gasteiger partial charge in [-0.3, -0.25) is 4.79 Å². The van der Waals surface area contributed by atoms with E-state index in [1.54, 1.807) is 24.3 Å². The van der Waals surface area contributed by atoms with Crippen molar-refractivity contribution in [2.75, 3.05) is 0 Å². The first-order chi connectivity index (χ1) is 12.8. The fraction of sp³-hybridized carbons (Fsp3) is 0.222. The fourth-order valence-corrected chi connectivity index (χ4v) is 2.52. The molecule has 0 saturated heterocycles. The maximum Gasteiger partial charge on any atom is 0.488 e. The summed E-state index contributed by atoms with van der Waals surface area (Å²) in [5.41, 5.74) is 7.54. The second-order valence-electron chi connectivity index (χ2n) is 6.20. The molecule has 2 rings (SSSR count). The van der Waals surface area contributed by atoms with Crippen LogP contribution in [0.25, 0.3) is 0 Å². The van der Waals surface area contributed by atoms with Crippen LogP contribution in [0.3, 0.4) is 0 Å². The molecule has 2 aromatic rings. The number of amides is 1. The predicted molar refractivity (Wildman–Crippen MR) is 99.3 cm³/mol. The molecular formula is C18H21BN2O6. The minimum atomic E-state index is -1.58. The van der Waals surface area contributed by atoms with Crippen molar-refractivity contribution in [2.45, 2.75) is 24.9 Å². The molecule has 142 valence electrons. The summed E-state index contributed by atoms with van der Waals surface area (Å²) in [6, 6.07) is 10.2. The average Bonchev–Trinajstić information content (AvgIpc) is 2.63. The highest BCUT2D eigenvalue weighted by Crippen LogP contribution is 2.11. The zero-order chi connectivity index (χ0) is 20.0. The fourth-order valence-electron chi connectivity index (χ4n) is 2.52. The second-order valence-corrected chi connectivity index (χ2v) is 6.20. The van der Waals surface area contributed by atoms with Gasteiger partial charge in [0.2, 0.25) is 5.91 Å². The monoisotopic (exact) mass is 372 g/mol. The molecule has 0 aliphatic heterocycles. The molecule has 9 heteroatoms. The Kier molecular flexibility index (Phi) is 6.94. The van der Waals surface area contributed by atoms with Crippen LogP contribution in [0.5, 0.6) is 5.75 Å². The molecule has 0 unspecified atom stereocenters. The van der Waals surface area contributed by atoms with Crippen LogP contribution in [0.15, 0.2) is 48.5 Å². The number of carboxylic acids is 1. The molecule has 1 amide bonds. The van der Waals surface area contributed by atoms with Crippen LogP contribution in [-0.2, 0) is 22.4 Å². The summed E-state index contributed by atoms with van der Waals surface area (Å²) in [4.78, 5) is 23.7. The van der Waals surface area contributed by atoms with E-state index in [1.807, 2.05) is 0 Å². The molecule has 0 heterocycles. The molecular weight excluding hydrogens is 351 g/mol. The maximum absolute atomic E-state index is 12.3. The number of rotatable bonds is 8. The Morgan fingerprint density at radius 3 is 2.00 bits per heavy atom. The Bertz CT molecular complexity index is 779. The lowest BCUT2D eigenvalue weighted by molar-refractivity contribution is -0.141. The van der Waals surface area contributed by atoms with Gasteiger partial charge < -0.3 is 31.3 Å². The van der Waals surface area contributed by atoms with Gasteiger partial charge in [0.25, 0.3) is 0 Å². The summed E-state index contributed by atoms with van der Waals surface area (Å²) < 4.78 is 0. The lowest BCUT2D eigenvalue weighted by atomic mass is 9.80. The molecule has 27 heavy (non-hydrogen) atoms. The van der Waals surface area contributed by atoms with E-state index in [1.165, 1.54) is 24.3 Å². The van der Waals surface area contributed by atoms with E-state index in [0.29, 0.717) is 16.6 Å². The van der Waals surface area contributed by atoms with Crippen molar-refractivity contribution < 1.29 is 29.9 Å². The van der Waals surface area contributed by atoms with E-state index >= 15 is 0 Å². The number of benzene rings is 2. The third-order valence-corrected chi connectivity index (χ3v) is 4.06. The number of aliphatic carboxylic acids is 1. The highest BCUT2D eigenvalue weighted by Gasteiger charge is 2.24. The Morgan fingerprint density at radius 2 is 1.48 bits per heavy atom. The van der Waals surface area contributed by atoms with Gasteiger partial charge in [0.1, 0.15) is 11.8 Å². The van der Waals surface area contributed by atoms with E-state index in [2.05, 4.69) is 5.32 Å². The number of phenols is 1. The first kappa shape index (κ1) is 20.4. The van der Waals surface area contributed by atoms with Crippen molar-refractivity contribution in [1.29, 1.82) is 0 Å². The smallest absolute Gasteiger partial charge is 0.488 e. The normalized spacial score (nSPS) is 12.9. The number of phenolic OH excluding ortho intramolecular Hbond substituents is 1. The van der Waals surface area contributed by atoms with Crippen molar-refractivity contribution >= 4 is 24.5 Å². The standard InChI is InChI=1S/C18H21BN2O6/c20-15(9-11-1-5-13(6-2-11)19(26)27)17(23)21-16(18(24)25)10-12-3-7-14(22)8-4-12/h1-8,15-16,22,26-27H,9-10,20H2,(H,21,23)(H,24,25)/t15-,16+/m0/s1. The van der Waals surface area contributed by atoms with Crippen LogP contribution in [0, 0.1) is 0 Å². The highest BCUT2D eigenvalue weighted by molar-refractivity contribution is 6.58. The summed E-state index contributed by atoms with van der Waals surface area (Å²) in [5, 5.41) is 39.2. The van der Waals surface area contributed by atoms with E-state index in [9.17, 15) is 19.8 Å². The largest absolute Gasteiger partial charge is 0.508 e. The first-order valence-electron chi connectivity index (χ1n) is 8.28. The van der Waals surface area contributed by atoms with Gasteiger partial charge in [0, 0.05) is 6.42 Å². The van der Waals surface area contributed by atoms with Crippen molar-refractivity contribution in [3.63, 3.8) is 0 Å². The third kappa shape index (κ3) is 6.10. The molecule has 7 N–H and O–H groups in total. The van der Waals surface area contributed by atoms with Crippen LogP contribution in [-0.4, -0.2) is 51.3 Å². The van der Waals surface area contributed by atoms with Crippen LogP contribution in [0.4, 0.5) is 0 Å². The van der Waals surface area contributed by atoms with Gasteiger partial charge in [-0.2, -0.15) is 0 Å². The minimum absolute atomic E-state index is 0.0527. The first-order valence-corrected chi connectivity index (χ1v) is 8.28. The quantitative estimate of drug-likeness (QED) is 0.317. The zero-order valence-corrected chi connectivity index (χ0v) is 14.4. The summed E-state index contributed by atoms with van der Waals surface area (Å²) in [6.07, 6.45) is 0.219. The summed E-state index contributed by atoms with van der Waals surface area (Å²) >= 11 is 0. The molecule has 0 fully saturated rings. The molecule has 0 radical (unpaired) electrons. The van der Waals surface area contributed by atoms with Crippen LogP contribution in [0.1, 0.15) is 11.1 Å². The molecule has 0 bridgehead atoms. The third-order valence-electron chi connectivity index (χ3n) is 4.06. The van der Waals surface area contributed by atoms with Crippen molar-refractivity contribution in [1.82, 2.24) is 5.32 Å². The van der Waals surface area contributed by atoms with E-state index < -0.39 is 31.1 Å². The predicted octanol–water partition coefficient (Wildman–Crippen LogP) is -1.25. The van der Waals surface area contributed by atoms with Crippen LogP contribution < -0.4 is 16.5 Å². The summed E-state index contributed by atoms with van der Waals surface area (Å²) in [6.45, 7) is 0. The van der Waals surface area contributed by atoms with Gasteiger partial charge in [-0.15, -0.1) is 0 Å². The lowest BCUT2D eigenvalue weighted by Gasteiger charge is -2.18. The molecule has 0 spiro atoms. The van der Waals surface area contributed by atoms with Crippen molar-refractivity contribution in [3.8, 4) is 5.75 Å². The SMILES string of the molecule is N[C@@H](Cc1ccc(B(O)O)cc1)C(=O)N[C@H](Cc1ccc(O)cc1)C(=O)O. The van der Waals surface area contributed by atoms with Crippen LogP contribution in [0.2, 0.25) is 0 Å². The zero-order valence-electron chi connectivity index (χ0n) is 14.4. The average molecular weight is 372 g/mol. The highest BCUT2D eigenvalue weighted by atomic mass is 16.4. The number of hydrogen-bond donors (Lipinski definition) is 6. The van der Waals surface area contributed by atoms with Gasteiger partial charge in [-0.1, -0.05) is 36.4 Å². The Hall–Kier alpha value is -2.88. The molecule has 0 aromatic heterocycles. The number of carboxylic acid groups (broad SMARTS) is 1. The molecule has 8 nitrogen and oxygen atoms in total. The van der Waals surface area contributed by atoms with Crippen LogP contribution >= 0.6 is 0 Å². The number of aromatic hydroxyl groups is 1. The van der Waals surface area contributed by atoms with E-state index in [0.717, 1.165) is 0 Å². The Morgan fingerprint density at radius 1 is 0.963 bits per heavy atom. The number of nitrogens with two attached hydrogens (primary N) is 1. The van der Waals surface area contributed by atoms with E-state index in [-0.39, 0.29) is 18.6 Å². The van der Waals surface area contributed by atoms with Crippen molar-refractivity contribution in [3.05, 3.63) is 59.7 Å². The van der Waals surface area contributed by atoms with Gasteiger partial charge in [0.15, 0.2) is 0 Å². The molecule has 2 atom stereocenters. The summed E-state index contributed by atoms with van der Waals surface area (Å²) in [5.74, 6) is -1.73. The Balaban J connectivity index is 1.97. The van der Waals surface area contributed by atoms with Gasteiger partial charge in [-0.05, 0) is 35.1 Å². The number of hydrogen-bond acceptors (Lipinski definition) is 6. The molecule has 0 saturated carbocycles. The second kappa shape index (κ2) is 9.18. The maximum atomic E-state index is 12.3. The Labute approximate surface area is 156 Å². The molecule has 0 aliphatic rings. The number of nitrogens with one attached hydrogen (secondary N) is 1. The van der Waals surface area contributed by atoms with Gasteiger partial charge >= 0.3 is 13.1 Å². The number of carbonyl (C=O) groups is 2. The number of carbonyl (C=O) groups excluding carboxylic acids is 1. The lowest BCUT2D eigenvalue weighted by Crippen LogP contribution is -2.50. The van der Waals surface area contributed by atoms with E-state index in [4.69, 9.17) is 15.8 Å². The molecule has 2 aromatic carbocycles. The molecule has 0 aliphatic carbocycles. The van der Waals surface area contributed by atoms with Gasteiger partial charge in [0.05, 0.1) is 6.04 Å². The minimum Gasteiger partial charge on any atom is -0.508 e. The van der Waals surface area contributed by atoms with Gasteiger partial charge in [-0.25, -0.2) is 4.79 Å². The topological polar surface area (TPSA) is 153 Å². The van der Waals surface area contributed by atoms with Crippen molar-refractivity contribution in [2.24, 2.45) is 5.73 Å². The summed E-state index contributed by atoms with van der Waals surface area (Å²) in [7, 11) is -1.58.